The average molecular weight is 465 g/mol. The highest BCUT2D eigenvalue weighted by molar-refractivity contribution is 7.10. The molecule has 1 N–H and O–H groups in total. The van der Waals surface area contributed by atoms with E-state index in [-0.39, 0.29) is 17.4 Å². The Morgan fingerprint density at radius 2 is 1.79 bits per heavy atom. The molecule has 0 aliphatic carbocycles. The Morgan fingerprint density at radius 1 is 1.03 bits per heavy atom. The number of thiophene rings is 1. The number of ether oxygens (including phenoxy) is 2. The topological polar surface area (TPSA) is 84.9 Å². The lowest BCUT2D eigenvalue weighted by molar-refractivity contribution is -0.119. The average Bonchev–Trinajstić information content (AvgIpc) is 3.37. The Labute approximate surface area is 195 Å². The van der Waals surface area contributed by atoms with Crippen molar-refractivity contribution in [2.75, 3.05) is 32.7 Å². The minimum absolute atomic E-state index is 0.139. The Balaban J connectivity index is 1.80. The quantitative estimate of drug-likeness (QED) is 0.532. The number of hydrogen-bond acceptors (Lipinski definition) is 6. The van der Waals surface area contributed by atoms with Gasteiger partial charge in [0.1, 0.15) is 0 Å². The van der Waals surface area contributed by atoms with Crippen molar-refractivity contribution in [3.05, 3.63) is 87.6 Å². The second kappa shape index (κ2) is 9.97. The summed E-state index contributed by atoms with van der Waals surface area (Å²) in [6.07, 6.45) is 0. The summed E-state index contributed by atoms with van der Waals surface area (Å²) in [7, 11) is 2.88. The van der Waals surface area contributed by atoms with E-state index in [0.717, 1.165) is 4.88 Å². The Hall–Kier alpha value is -3.49. The van der Waals surface area contributed by atoms with Gasteiger partial charge < -0.3 is 19.7 Å². The lowest BCUT2D eigenvalue weighted by Gasteiger charge is -2.41. The molecule has 0 spiro atoms. The van der Waals surface area contributed by atoms with Crippen molar-refractivity contribution in [2.45, 2.75) is 12.0 Å². The van der Waals surface area contributed by atoms with Gasteiger partial charge in [-0.2, -0.15) is 0 Å². The third-order valence-electron chi connectivity index (χ3n) is 5.68. The zero-order valence-corrected chi connectivity index (χ0v) is 19.1. The lowest BCUT2D eigenvalue weighted by atomic mass is 9.81. The summed E-state index contributed by atoms with van der Waals surface area (Å²) < 4.78 is 10.1. The van der Waals surface area contributed by atoms with Crippen molar-refractivity contribution >= 4 is 34.8 Å². The molecule has 170 valence electrons. The summed E-state index contributed by atoms with van der Waals surface area (Å²) in [6, 6.07) is 17.2. The number of para-hydroxylation sites is 1. The molecule has 33 heavy (non-hydrogen) atoms. The van der Waals surface area contributed by atoms with Gasteiger partial charge in [0.25, 0.3) is 5.91 Å². The zero-order valence-electron chi connectivity index (χ0n) is 18.3. The number of rotatable bonds is 7. The van der Waals surface area contributed by atoms with E-state index >= 15 is 0 Å². The minimum atomic E-state index is -0.680. The smallest absolute Gasteiger partial charge is 0.339 e. The predicted molar refractivity (Wildman–Crippen MR) is 126 cm³/mol. The van der Waals surface area contributed by atoms with Gasteiger partial charge in [-0.15, -0.1) is 11.3 Å². The van der Waals surface area contributed by atoms with Crippen LogP contribution in [0.25, 0.3) is 0 Å². The maximum Gasteiger partial charge on any atom is 0.339 e. The number of nitrogens with one attached hydrogen (secondary N) is 1. The van der Waals surface area contributed by atoms with Crippen LogP contribution < -0.4 is 5.32 Å². The number of methoxy groups -OCH3 is 2. The molecule has 2 atom stereocenters. The molecular weight excluding hydrogens is 440 g/mol. The van der Waals surface area contributed by atoms with E-state index in [9.17, 15) is 14.4 Å². The first-order valence-corrected chi connectivity index (χ1v) is 11.3. The van der Waals surface area contributed by atoms with Gasteiger partial charge >= 0.3 is 5.97 Å². The van der Waals surface area contributed by atoms with Crippen LogP contribution in [-0.4, -0.2) is 50.1 Å². The molecule has 4 rings (SSSR count). The van der Waals surface area contributed by atoms with Crippen LogP contribution in [0.5, 0.6) is 0 Å². The number of nitrogens with zero attached hydrogens (tertiary/aromatic N) is 1. The second-order valence-corrected chi connectivity index (χ2v) is 8.52. The molecule has 0 radical (unpaired) electrons. The highest BCUT2D eigenvalue weighted by Gasteiger charge is 2.44. The van der Waals surface area contributed by atoms with E-state index in [1.807, 2.05) is 29.6 Å². The standard InChI is InChI=1S/C25H24N2O5S/c1-31-14-13-27-22(20-12-7-15-33-20)21(16-8-3-4-9-17(16)24(27)29)23(28)26-19-11-6-5-10-18(19)25(30)32-2/h3-12,15,21-22H,13-14H2,1-2H3,(H,26,28). The number of carbonyl (C=O) groups is 3. The SMILES string of the molecule is COCCN1C(=O)c2ccccc2C(C(=O)Nc2ccccc2C(=O)OC)C1c1cccs1. The van der Waals surface area contributed by atoms with E-state index in [1.165, 1.54) is 18.4 Å². The van der Waals surface area contributed by atoms with Crippen LogP contribution in [0.2, 0.25) is 0 Å². The van der Waals surface area contributed by atoms with Gasteiger partial charge in [-0.25, -0.2) is 4.79 Å². The first kappa shape index (κ1) is 22.7. The third-order valence-corrected chi connectivity index (χ3v) is 6.63. The first-order chi connectivity index (χ1) is 16.1. The van der Waals surface area contributed by atoms with Crippen molar-refractivity contribution in [1.82, 2.24) is 4.90 Å². The van der Waals surface area contributed by atoms with Crippen LogP contribution >= 0.6 is 11.3 Å². The van der Waals surface area contributed by atoms with Gasteiger partial charge in [-0.05, 0) is 35.2 Å². The van der Waals surface area contributed by atoms with E-state index in [4.69, 9.17) is 9.47 Å². The van der Waals surface area contributed by atoms with Crippen LogP contribution in [-0.2, 0) is 14.3 Å². The molecule has 0 bridgehead atoms. The maximum absolute atomic E-state index is 13.8. The number of fused-ring (bicyclic) bond motifs is 1. The van der Waals surface area contributed by atoms with Gasteiger partial charge in [-0.3, -0.25) is 9.59 Å². The van der Waals surface area contributed by atoms with Crippen molar-refractivity contribution < 1.29 is 23.9 Å². The monoisotopic (exact) mass is 464 g/mol. The van der Waals surface area contributed by atoms with Crippen molar-refractivity contribution in [3.8, 4) is 0 Å². The summed E-state index contributed by atoms with van der Waals surface area (Å²) >= 11 is 1.49. The molecular formula is C25H24N2O5S. The number of carbonyl (C=O) groups excluding carboxylic acids is 3. The fourth-order valence-corrected chi connectivity index (χ4v) is 5.05. The molecule has 0 fully saturated rings. The highest BCUT2D eigenvalue weighted by atomic mass is 32.1. The summed E-state index contributed by atoms with van der Waals surface area (Å²) in [5.74, 6) is -1.67. The van der Waals surface area contributed by atoms with E-state index < -0.39 is 17.9 Å². The van der Waals surface area contributed by atoms with Crippen LogP contribution in [0.1, 0.15) is 43.1 Å². The molecule has 1 aliphatic rings. The molecule has 2 aromatic carbocycles. The van der Waals surface area contributed by atoms with Crippen molar-refractivity contribution in [1.29, 1.82) is 0 Å². The van der Waals surface area contributed by atoms with Crippen LogP contribution in [0.15, 0.2) is 66.0 Å². The summed E-state index contributed by atoms with van der Waals surface area (Å²) in [5, 5.41) is 4.84. The van der Waals surface area contributed by atoms with Crippen LogP contribution in [0, 0.1) is 0 Å². The molecule has 2 unspecified atom stereocenters. The number of amides is 2. The third kappa shape index (κ3) is 4.40. The predicted octanol–water partition coefficient (Wildman–Crippen LogP) is 4.10. The van der Waals surface area contributed by atoms with E-state index in [2.05, 4.69) is 5.32 Å². The number of benzene rings is 2. The van der Waals surface area contributed by atoms with E-state index in [1.54, 1.807) is 48.4 Å². The highest BCUT2D eigenvalue weighted by Crippen LogP contribution is 2.44. The first-order valence-electron chi connectivity index (χ1n) is 10.5. The molecule has 1 aromatic heterocycles. The van der Waals surface area contributed by atoms with Gasteiger partial charge in [0.15, 0.2) is 0 Å². The van der Waals surface area contributed by atoms with E-state index in [0.29, 0.717) is 30.0 Å². The van der Waals surface area contributed by atoms with Crippen molar-refractivity contribution in [2.24, 2.45) is 0 Å². The lowest BCUT2D eigenvalue weighted by Crippen LogP contribution is -2.47. The number of hydrogen-bond donors (Lipinski definition) is 1. The fraction of sp³-hybridized carbons (Fsp3) is 0.240. The molecule has 1 aliphatic heterocycles. The molecule has 0 saturated heterocycles. The summed E-state index contributed by atoms with van der Waals surface area (Å²) in [4.78, 5) is 42.0. The molecule has 0 saturated carbocycles. The van der Waals surface area contributed by atoms with Crippen molar-refractivity contribution in [3.63, 3.8) is 0 Å². The second-order valence-electron chi connectivity index (χ2n) is 7.54. The Bertz CT molecular complexity index is 1160. The van der Waals surface area contributed by atoms with Crippen LogP contribution in [0.4, 0.5) is 5.69 Å². The number of esters is 1. The minimum Gasteiger partial charge on any atom is -0.465 e. The molecule has 2 amide bonds. The normalized spacial score (nSPS) is 17.4. The molecule has 3 aromatic rings. The molecule has 7 nitrogen and oxygen atoms in total. The summed E-state index contributed by atoms with van der Waals surface area (Å²) in [6.45, 7) is 0.685. The summed E-state index contributed by atoms with van der Waals surface area (Å²) in [5.41, 5.74) is 1.76. The van der Waals surface area contributed by atoms with Gasteiger partial charge in [0.05, 0.1) is 36.9 Å². The molecule has 8 heteroatoms. The Kier molecular flexibility index (Phi) is 6.86. The number of anilines is 1. The zero-order chi connectivity index (χ0) is 23.4. The van der Waals surface area contributed by atoms with Crippen LogP contribution in [0.3, 0.4) is 0 Å². The fourth-order valence-electron chi connectivity index (χ4n) is 4.18. The van der Waals surface area contributed by atoms with Gasteiger partial charge in [0.2, 0.25) is 5.91 Å². The largest absolute Gasteiger partial charge is 0.465 e. The van der Waals surface area contributed by atoms with Gasteiger partial charge in [0, 0.05) is 24.1 Å². The maximum atomic E-state index is 13.8. The van der Waals surface area contributed by atoms with Gasteiger partial charge in [-0.1, -0.05) is 36.4 Å². The molecule has 2 heterocycles. The Morgan fingerprint density at radius 3 is 2.52 bits per heavy atom.